The monoisotopic (exact) mass is 334 g/mol. The Labute approximate surface area is 141 Å². The number of carbonyl (C=O) groups excluding carboxylic acids is 1. The summed E-state index contributed by atoms with van der Waals surface area (Å²) in [6.45, 7) is 4.54. The van der Waals surface area contributed by atoms with Crippen LogP contribution in [0.3, 0.4) is 0 Å². The molecule has 1 aliphatic rings. The standard InChI is InChI=1S/C17H23ClN4O/c1-2-3-8-19-16(23)12-5-4-9-22(11-12)17-20-14-7-6-13(18)10-15(14)21-17/h6-7,10,12H,2-5,8-9,11H2,1H3,(H,19,23)(H,20,21). The highest BCUT2D eigenvalue weighted by atomic mass is 35.5. The predicted molar refractivity (Wildman–Crippen MR) is 94.0 cm³/mol. The minimum Gasteiger partial charge on any atom is -0.356 e. The number of amides is 1. The Bertz CT molecular complexity index is 684. The Morgan fingerprint density at radius 2 is 2.39 bits per heavy atom. The molecular weight excluding hydrogens is 312 g/mol. The van der Waals surface area contributed by atoms with Crippen LogP contribution in [0.25, 0.3) is 11.0 Å². The molecule has 124 valence electrons. The van der Waals surface area contributed by atoms with E-state index in [1.165, 1.54) is 0 Å². The van der Waals surface area contributed by atoms with Gasteiger partial charge in [0, 0.05) is 24.7 Å². The first-order valence-corrected chi connectivity index (χ1v) is 8.73. The van der Waals surface area contributed by atoms with Gasteiger partial charge in [-0.3, -0.25) is 4.79 Å². The lowest BCUT2D eigenvalue weighted by atomic mass is 9.97. The minimum atomic E-state index is 0.0393. The third-order valence-electron chi connectivity index (χ3n) is 4.35. The van der Waals surface area contributed by atoms with Gasteiger partial charge < -0.3 is 15.2 Å². The van der Waals surface area contributed by atoms with E-state index in [1.807, 2.05) is 18.2 Å². The van der Waals surface area contributed by atoms with E-state index in [0.717, 1.165) is 55.8 Å². The fourth-order valence-electron chi connectivity index (χ4n) is 3.03. The first-order valence-electron chi connectivity index (χ1n) is 8.35. The van der Waals surface area contributed by atoms with Crippen LogP contribution in [0.1, 0.15) is 32.6 Å². The van der Waals surface area contributed by atoms with Gasteiger partial charge >= 0.3 is 0 Å². The molecule has 5 nitrogen and oxygen atoms in total. The lowest BCUT2D eigenvalue weighted by molar-refractivity contribution is -0.125. The Hall–Kier alpha value is -1.75. The second-order valence-corrected chi connectivity index (χ2v) is 6.59. The van der Waals surface area contributed by atoms with Gasteiger partial charge in [0.15, 0.2) is 0 Å². The molecule has 0 radical (unpaired) electrons. The number of imidazole rings is 1. The number of benzene rings is 1. The molecule has 1 fully saturated rings. The first kappa shape index (κ1) is 16.1. The zero-order valence-corrected chi connectivity index (χ0v) is 14.2. The molecule has 2 N–H and O–H groups in total. The highest BCUT2D eigenvalue weighted by molar-refractivity contribution is 6.31. The lowest BCUT2D eigenvalue weighted by Gasteiger charge is -2.31. The van der Waals surface area contributed by atoms with Gasteiger partial charge in [0.1, 0.15) is 0 Å². The van der Waals surface area contributed by atoms with Crippen molar-refractivity contribution in [2.75, 3.05) is 24.5 Å². The van der Waals surface area contributed by atoms with Gasteiger partial charge in [-0.2, -0.15) is 0 Å². The van der Waals surface area contributed by atoms with Crippen LogP contribution in [-0.2, 0) is 4.79 Å². The summed E-state index contributed by atoms with van der Waals surface area (Å²) in [7, 11) is 0. The van der Waals surface area contributed by atoms with E-state index in [2.05, 4.69) is 27.1 Å². The van der Waals surface area contributed by atoms with E-state index in [-0.39, 0.29) is 11.8 Å². The molecule has 0 bridgehead atoms. The summed E-state index contributed by atoms with van der Waals surface area (Å²) in [6.07, 6.45) is 4.08. The van der Waals surface area contributed by atoms with Crippen LogP contribution in [-0.4, -0.2) is 35.5 Å². The van der Waals surface area contributed by atoms with E-state index >= 15 is 0 Å². The van der Waals surface area contributed by atoms with E-state index in [9.17, 15) is 4.79 Å². The number of unbranched alkanes of at least 4 members (excludes halogenated alkanes) is 1. The molecule has 0 saturated carbocycles. The van der Waals surface area contributed by atoms with Crippen LogP contribution in [0.2, 0.25) is 5.02 Å². The van der Waals surface area contributed by atoms with Gasteiger partial charge in [0.25, 0.3) is 0 Å². The summed E-state index contributed by atoms with van der Waals surface area (Å²) in [5, 5.41) is 3.74. The molecule has 0 spiro atoms. The number of aromatic amines is 1. The summed E-state index contributed by atoms with van der Waals surface area (Å²) in [4.78, 5) is 22.4. The van der Waals surface area contributed by atoms with Crippen LogP contribution < -0.4 is 10.2 Å². The molecule has 1 unspecified atom stereocenters. The smallest absolute Gasteiger partial charge is 0.224 e. The maximum absolute atomic E-state index is 12.3. The Morgan fingerprint density at radius 3 is 3.22 bits per heavy atom. The third kappa shape index (κ3) is 3.78. The summed E-state index contributed by atoms with van der Waals surface area (Å²) >= 11 is 6.02. The van der Waals surface area contributed by atoms with E-state index in [1.54, 1.807) is 0 Å². The van der Waals surface area contributed by atoms with Crippen molar-refractivity contribution < 1.29 is 4.79 Å². The second-order valence-electron chi connectivity index (χ2n) is 6.15. The molecule has 1 aliphatic heterocycles. The molecule has 1 amide bonds. The highest BCUT2D eigenvalue weighted by Crippen LogP contribution is 2.25. The molecule has 1 aromatic carbocycles. The first-order chi connectivity index (χ1) is 11.2. The summed E-state index contributed by atoms with van der Waals surface area (Å²) in [6, 6.07) is 5.64. The van der Waals surface area contributed by atoms with Crippen molar-refractivity contribution >= 4 is 34.5 Å². The van der Waals surface area contributed by atoms with Crippen molar-refractivity contribution in [3.63, 3.8) is 0 Å². The molecule has 2 aromatic rings. The number of hydrogen-bond donors (Lipinski definition) is 2. The van der Waals surface area contributed by atoms with Crippen molar-refractivity contribution in [2.24, 2.45) is 5.92 Å². The summed E-state index contributed by atoms with van der Waals surface area (Å²) in [5.74, 6) is 1.04. The lowest BCUT2D eigenvalue weighted by Crippen LogP contribution is -2.43. The number of hydrogen-bond acceptors (Lipinski definition) is 3. The number of nitrogens with one attached hydrogen (secondary N) is 2. The Morgan fingerprint density at radius 1 is 1.52 bits per heavy atom. The van der Waals surface area contributed by atoms with Crippen LogP contribution in [0.15, 0.2) is 18.2 Å². The molecule has 3 rings (SSSR count). The van der Waals surface area contributed by atoms with E-state index in [4.69, 9.17) is 11.6 Å². The number of piperidine rings is 1. The third-order valence-corrected chi connectivity index (χ3v) is 4.59. The number of halogens is 1. The van der Waals surface area contributed by atoms with Gasteiger partial charge in [-0.15, -0.1) is 0 Å². The molecule has 1 aromatic heterocycles. The number of anilines is 1. The van der Waals surface area contributed by atoms with Crippen LogP contribution in [0.4, 0.5) is 5.95 Å². The van der Waals surface area contributed by atoms with Crippen LogP contribution in [0.5, 0.6) is 0 Å². The van der Waals surface area contributed by atoms with Crippen molar-refractivity contribution in [1.82, 2.24) is 15.3 Å². The fourth-order valence-corrected chi connectivity index (χ4v) is 3.21. The zero-order chi connectivity index (χ0) is 16.2. The van der Waals surface area contributed by atoms with Crippen molar-refractivity contribution in [2.45, 2.75) is 32.6 Å². The number of fused-ring (bicyclic) bond motifs is 1. The highest BCUT2D eigenvalue weighted by Gasteiger charge is 2.27. The summed E-state index contributed by atoms with van der Waals surface area (Å²) in [5.41, 5.74) is 1.83. The Balaban J connectivity index is 1.68. The summed E-state index contributed by atoms with van der Waals surface area (Å²) < 4.78 is 0. The van der Waals surface area contributed by atoms with Crippen molar-refractivity contribution in [1.29, 1.82) is 0 Å². The largest absolute Gasteiger partial charge is 0.356 e. The van der Waals surface area contributed by atoms with Crippen LogP contribution in [0, 0.1) is 5.92 Å². The predicted octanol–water partition coefficient (Wildman–Crippen LogP) is 3.35. The zero-order valence-electron chi connectivity index (χ0n) is 13.4. The molecule has 6 heteroatoms. The average molecular weight is 335 g/mol. The molecule has 23 heavy (non-hydrogen) atoms. The van der Waals surface area contributed by atoms with Gasteiger partial charge in [-0.05, 0) is 37.5 Å². The molecule has 2 heterocycles. The number of aromatic nitrogens is 2. The quantitative estimate of drug-likeness (QED) is 0.824. The normalized spacial score (nSPS) is 18.3. The number of nitrogens with zero attached hydrogens (tertiary/aromatic N) is 2. The van der Waals surface area contributed by atoms with Gasteiger partial charge in [-0.1, -0.05) is 24.9 Å². The van der Waals surface area contributed by atoms with Gasteiger partial charge in [0.2, 0.25) is 11.9 Å². The molecule has 1 saturated heterocycles. The Kier molecular flexibility index (Phi) is 5.06. The maximum atomic E-state index is 12.3. The van der Waals surface area contributed by atoms with Crippen molar-refractivity contribution in [3.05, 3.63) is 23.2 Å². The van der Waals surface area contributed by atoms with Crippen molar-refractivity contribution in [3.8, 4) is 0 Å². The molecule has 0 aliphatic carbocycles. The minimum absolute atomic E-state index is 0.0393. The SMILES string of the molecule is CCCCNC(=O)C1CCCN(c2nc3ccc(Cl)cc3[nH]2)C1. The van der Waals surface area contributed by atoms with E-state index < -0.39 is 0 Å². The van der Waals surface area contributed by atoms with E-state index in [0.29, 0.717) is 11.6 Å². The topological polar surface area (TPSA) is 61.0 Å². The maximum Gasteiger partial charge on any atom is 0.224 e. The second kappa shape index (κ2) is 7.21. The van der Waals surface area contributed by atoms with Gasteiger partial charge in [-0.25, -0.2) is 4.98 Å². The molecule has 1 atom stereocenters. The number of H-pyrrole nitrogens is 1. The molecular formula is C17H23ClN4O. The number of carbonyl (C=O) groups is 1. The fraction of sp³-hybridized carbons (Fsp3) is 0.529. The van der Waals surface area contributed by atoms with Crippen LogP contribution >= 0.6 is 11.6 Å². The number of rotatable bonds is 5. The average Bonchev–Trinajstić information content (AvgIpc) is 2.98. The van der Waals surface area contributed by atoms with Gasteiger partial charge in [0.05, 0.1) is 17.0 Å².